The summed E-state index contributed by atoms with van der Waals surface area (Å²) in [7, 11) is -3.57. The highest BCUT2D eigenvalue weighted by Crippen LogP contribution is 2.21. The molecule has 1 aromatic rings. The highest BCUT2D eigenvalue weighted by molar-refractivity contribution is 7.89. The van der Waals surface area contributed by atoms with Gasteiger partial charge in [0.25, 0.3) is 0 Å². The summed E-state index contributed by atoms with van der Waals surface area (Å²) in [5.41, 5.74) is 4.88. The number of hydrogen-bond donors (Lipinski definition) is 2. The van der Waals surface area contributed by atoms with E-state index >= 15 is 0 Å². The maximum Gasteiger partial charge on any atom is 0.244 e. The maximum atomic E-state index is 12.3. The van der Waals surface area contributed by atoms with E-state index in [0.717, 1.165) is 19.3 Å². The predicted octanol–water partition coefficient (Wildman–Crippen LogP) is 0.0793. The van der Waals surface area contributed by atoms with Crippen molar-refractivity contribution >= 4 is 10.0 Å². The van der Waals surface area contributed by atoms with Crippen molar-refractivity contribution in [1.29, 1.82) is 0 Å². The molecule has 3 N–H and O–H groups in total. The van der Waals surface area contributed by atoms with Crippen molar-refractivity contribution in [3.05, 3.63) is 12.4 Å². The van der Waals surface area contributed by atoms with Crippen LogP contribution in [0.5, 0.6) is 0 Å². The number of nitrogens with two attached hydrogens (primary N) is 1. The topological polar surface area (TPSA) is 99.2 Å². The van der Waals surface area contributed by atoms with E-state index in [1.54, 1.807) is 4.68 Å². The van der Waals surface area contributed by atoms with Crippen LogP contribution < -0.4 is 10.5 Å². The molecule has 0 amide bonds. The molecule has 1 fully saturated rings. The Morgan fingerprint density at radius 3 is 3.05 bits per heavy atom. The van der Waals surface area contributed by atoms with E-state index in [9.17, 15) is 8.42 Å². The van der Waals surface area contributed by atoms with Gasteiger partial charge in [-0.2, -0.15) is 5.10 Å². The van der Waals surface area contributed by atoms with Gasteiger partial charge in [-0.3, -0.25) is 4.68 Å². The molecule has 0 saturated carbocycles. The number of aryl methyl sites for hydroxylation is 1. The number of nitrogens with one attached hydrogen (secondary N) is 1. The molecule has 20 heavy (non-hydrogen) atoms. The van der Waals surface area contributed by atoms with E-state index in [1.807, 2.05) is 6.92 Å². The third-order valence-corrected chi connectivity index (χ3v) is 4.92. The molecule has 0 spiro atoms. The fourth-order valence-corrected chi connectivity index (χ4v) is 3.63. The number of sulfonamides is 1. The summed E-state index contributed by atoms with van der Waals surface area (Å²) in [5, 5.41) is 4.05. The summed E-state index contributed by atoms with van der Waals surface area (Å²) in [6, 6.07) is 0. The quantitative estimate of drug-likeness (QED) is 0.775. The van der Waals surface area contributed by atoms with Crippen molar-refractivity contribution in [2.75, 3.05) is 19.8 Å². The lowest BCUT2D eigenvalue weighted by atomic mass is 9.97. The largest absolute Gasteiger partial charge is 0.380 e. The lowest BCUT2D eigenvalue weighted by Crippen LogP contribution is -2.51. The number of nitrogens with zero attached hydrogens (tertiary/aromatic N) is 2. The van der Waals surface area contributed by atoms with Crippen LogP contribution >= 0.6 is 0 Å². The first-order valence-corrected chi connectivity index (χ1v) is 8.28. The van der Waals surface area contributed by atoms with Gasteiger partial charge in [-0.25, -0.2) is 13.1 Å². The molecular formula is C12H22N4O3S. The van der Waals surface area contributed by atoms with E-state index in [4.69, 9.17) is 10.5 Å². The van der Waals surface area contributed by atoms with Crippen LogP contribution in [-0.4, -0.2) is 43.5 Å². The van der Waals surface area contributed by atoms with Crippen LogP contribution in [0.3, 0.4) is 0 Å². The summed E-state index contributed by atoms with van der Waals surface area (Å²) in [6.45, 7) is 4.12. The van der Waals surface area contributed by atoms with E-state index in [2.05, 4.69) is 9.82 Å². The van der Waals surface area contributed by atoms with Crippen molar-refractivity contribution in [3.8, 4) is 0 Å². The monoisotopic (exact) mass is 302 g/mol. The first-order valence-electron chi connectivity index (χ1n) is 6.79. The molecule has 0 aliphatic carbocycles. The van der Waals surface area contributed by atoms with Gasteiger partial charge in [-0.1, -0.05) is 0 Å². The molecule has 1 atom stereocenters. The summed E-state index contributed by atoms with van der Waals surface area (Å²) in [6.07, 6.45) is 5.29. The number of aromatic nitrogens is 2. The van der Waals surface area contributed by atoms with Gasteiger partial charge in [0.15, 0.2) is 0 Å². The van der Waals surface area contributed by atoms with Crippen molar-refractivity contribution in [2.24, 2.45) is 5.73 Å². The third kappa shape index (κ3) is 3.78. The molecule has 2 heterocycles. The zero-order valence-electron chi connectivity index (χ0n) is 11.7. The van der Waals surface area contributed by atoms with Gasteiger partial charge in [0.1, 0.15) is 4.90 Å². The molecule has 0 bridgehead atoms. The average Bonchev–Trinajstić information content (AvgIpc) is 2.85. The van der Waals surface area contributed by atoms with Crippen molar-refractivity contribution in [1.82, 2.24) is 14.5 Å². The second-order valence-electron chi connectivity index (χ2n) is 5.40. The Hall–Kier alpha value is -0.960. The molecule has 8 heteroatoms. The Morgan fingerprint density at radius 2 is 2.40 bits per heavy atom. The van der Waals surface area contributed by atoms with Crippen LogP contribution in [0.15, 0.2) is 17.3 Å². The van der Waals surface area contributed by atoms with E-state index in [-0.39, 0.29) is 4.90 Å². The lowest BCUT2D eigenvalue weighted by Gasteiger charge is -2.33. The molecule has 0 radical (unpaired) electrons. The second kappa shape index (κ2) is 6.21. The van der Waals surface area contributed by atoms with E-state index in [1.165, 1.54) is 12.4 Å². The molecule has 1 aromatic heterocycles. The van der Waals surface area contributed by atoms with Crippen LogP contribution in [0.1, 0.15) is 26.2 Å². The Morgan fingerprint density at radius 1 is 1.60 bits per heavy atom. The Bertz CT molecular complexity index is 535. The highest BCUT2D eigenvalue weighted by Gasteiger charge is 2.33. The standard InChI is InChI=1S/C12H22N4O3S/c1-12(4-2-7-19-10-12)15-20(17,18)11-8-14-16(9-11)6-3-5-13/h8-9,15H,2-7,10,13H2,1H3. The van der Waals surface area contributed by atoms with Crippen LogP contribution in [0.25, 0.3) is 0 Å². The van der Waals surface area contributed by atoms with Gasteiger partial charge in [0.2, 0.25) is 10.0 Å². The van der Waals surface area contributed by atoms with E-state index in [0.29, 0.717) is 26.3 Å². The lowest BCUT2D eigenvalue weighted by molar-refractivity contribution is 0.0386. The minimum absolute atomic E-state index is 0.182. The summed E-state index contributed by atoms with van der Waals surface area (Å²) in [4.78, 5) is 0.182. The fourth-order valence-electron chi connectivity index (χ4n) is 2.26. The first-order chi connectivity index (χ1) is 9.45. The highest BCUT2D eigenvalue weighted by atomic mass is 32.2. The number of rotatable bonds is 6. The zero-order valence-corrected chi connectivity index (χ0v) is 12.5. The minimum atomic E-state index is -3.57. The van der Waals surface area contributed by atoms with Crippen molar-refractivity contribution in [2.45, 2.75) is 43.2 Å². The smallest absolute Gasteiger partial charge is 0.244 e. The molecule has 0 aromatic carbocycles. The summed E-state index contributed by atoms with van der Waals surface area (Å²) < 4.78 is 34.4. The summed E-state index contributed by atoms with van der Waals surface area (Å²) in [5.74, 6) is 0. The van der Waals surface area contributed by atoms with Crippen LogP contribution in [-0.2, 0) is 21.3 Å². The van der Waals surface area contributed by atoms with Crippen molar-refractivity contribution in [3.63, 3.8) is 0 Å². The molecule has 114 valence electrons. The van der Waals surface area contributed by atoms with Gasteiger partial charge in [0.05, 0.1) is 18.3 Å². The van der Waals surface area contributed by atoms with Crippen molar-refractivity contribution < 1.29 is 13.2 Å². The molecule has 1 aliphatic rings. The van der Waals surface area contributed by atoms with Gasteiger partial charge >= 0.3 is 0 Å². The van der Waals surface area contributed by atoms with Gasteiger partial charge in [-0.15, -0.1) is 0 Å². The first kappa shape index (κ1) is 15.4. The van der Waals surface area contributed by atoms with Gasteiger partial charge in [0, 0.05) is 19.3 Å². The normalized spacial score (nSPS) is 23.9. The molecular weight excluding hydrogens is 280 g/mol. The molecule has 1 saturated heterocycles. The van der Waals surface area contributed by atoms with Crippen LogP contribution in [0, 0.1) is 0 Å². The SMILES string of the molecule is CC1(NS(=O)(=O)c2cnn(CCCN)c2)CCCOC1. The maximum absolute atomic E-state index is 12.3. The average molecular weight is 302 g/mol. The minimum Gasteiger partial charge on any atom is -0.380 e. The fraction of sp³-hybridized carbons (Fsp3) is 0.750. The summed E-state index contributed by atoms with van der Waals surface area (Å²) >= 11 is 0. The predicted molar refractivity (Wildman–Crippen MR) is 74.7 cm³/mol. The Balaban J connectivity index is 2.07. The third-order valence-electron chi connectivity index (χ3n) is 3.33. The Kier molecular flexibility index (Phi) is 4.79. The Labute approximate surface area is 119 Å². The van der Waals surface area contributed by atoms with Crippen LogP contribution in [0.4, 0.5) is 0 Å². The number of hydrogen-bond acceptors (Lipinski definition) is 5. The van der Waals surface area contributed by atoms with Crippen LogP contribution in [0.2, 0.25) is 0 Å². The van der Waals surface area contributed by atoms with E-state index < -0.39 is 15.6 Å². The van der Waals surface area contributed by atoms with Gasteiger partial charge in [-0.05, 0) is 32.7 Å². The molecule has 2 rings (SSSR count). The molecule has 1 aliphatic heterocycles. The number of ether oxygens (including phenoxy) is 1. The second-order valence-corrected chi connectivity index (χ2v) is 7.09. The van der Waals surface area contributed by atoms with Gasteiger partial charge < -0.3 is 10.5 Å². The zero-order chi connectivity index (χ0) is 14.6. The molecule has 7 nitrogen and oxygen atoms in total. The molecule has 1 unspecified atom stereocenters.